The molecule has 0 bridgehead atoms. The van der Waals surface area contributed by atoms with Crippen molar-refractivity contribution in [1.82, 2.24) is 0 Å². The molecule has 0 aromatic heterocycles. The van der Waals surface area contributed by atoms with E-state index in [0.29, 0.717) is 17.3 Å². The van der Waals surface area contributed by atoms with Crippen molar-refractivity contribution in [3.8, 4) is 0 Å². The van der Waals surface area contributed by atoms with Crippen molar-refractivity contribution in [1.29, 1.82) is 0 Å². The van der Waals surface area contributed by atoms with Crippen molar-refractivity contribution in [2.75, 3.05) is 5.75 Å². The second-order valence-corrected chi connectivity index (χ2v) is 9.57. The molecule has 0 saturated heterocycles. The summed E-state index contributed by atoms with van der Waals surface area (Å²) in [6.07, 6.45) is 2.69. The van der Waals surface area contributed by atoms with Gasteiger partial charge in [0.05, 0.1) is 5.75 Å². The number of sulfone groups is 1. The van der Waals surface area contributed by atoms with Gasteiger partial charge in [-0.1, -0.05) is 28.8 Å². The number of nitrogens with zero attached hydrogens (tertiary/aromatic N) is 1. The number of hydrogen-bond donors (Lipinski definition) is 1. The van der Waals surface area contributed by atoms with Crippen molar-refractivity contribution in [2.24, 2.45) is 10.7 Å². The van der Waals surface area contributed by atoms with Gasteiger partial charge in [-0.25, -0.2) is 12.8 Å². The van der Waals surface area contributed by atoms with Crippen LogP contribution < -0.4 is 5.73 Å². The first-order chi connectivity index (χ1) is 10.2. The number of hydrogen-bond acceptors (Lipinski definition) is 4. The Hall–Kier alpha value is -0.950. The smallest absolute Gasteiger partial charge is 0.165 e. The van der Waals surface area contributed by atoms with E-state index in [1.165, 1.54) is 6.07 Å². The second-order valence-electron chi connectivity index (χ2n) is 6.36. The number of benzene rings is 1. The van der Waals surface area contributed by atoms with E-state index in [1.807, 2.05) is 0 Å². The fourth-order valence-electron chi connectivity index (χ4n) is 3.63. The maximum Gasteiger partial charge on any atom is 0.165 e. The number of halogens is 2. The molecule has 1 heterocycles. The van der Waals surface area contributed by atoms with Crippen LogP contribution in [0.25, 0.3) is 0 Å². The second kappa shape index (κ2) is 5.03. The van der Waals surface area contributed by atoms with Crippen LogP contribution in [-0.4, -0.2) is 24.8 Å². The Balaban J connectivity index is 2.18. The minimum absolute atomic E-state index is 0.137. The van der Waals surface area contributed by atoms with Crippen LogP contribution in [0.3, 0.4) is 0 Å². The summed E-state index contributed by atoms with van der Waals surface area (Å²) in [4.78, 5) is 4.47. The molecule has 1 spiro atoms. The molecule has 4 nitrogen and oxygen atoms in total. The fourth-order valence-corrected chi connectivity index (χ4v) is 6.50. The Morgan fingerprint density at radius 3 is 2.55 bits per heavy atom. The Labute approximate surface area is 138 Å². The quantitative estimate of drug-likeness (QED) is 0.803. The molecule has 0 amide bonds. The normalized spacial score (nSPS) is 29.5. The molecule has 1 atom stereocenters. The first kappa shape index (κ1) is 15.9. The van der Waals surface area contributed by atoms with Gasteiger partial charge in [0.2, 0.25) is 0 Å². The first-order valence-corrected chi connectivity index (χ1v) is 9.68. The third-order valence-corrected chi connectivity index (χ3v) is 8.06. The standard InChI is InChI=1S/C15H18BrFN2O2S/c1-14(11-8-10(16)4-5-12(11)17)9-22(20,21)15(13(18)19-14)6-2-3-7-15/h4-5,8H,2-3,6-7,9H2,1H3,(H2,18,19). The number of rotatable bonds is 1. The van der Waals surface area contributed by atoms with Crippen LogP contribution in [0.2, 0.25) is 0 Å². The molecular formula is C15H18BrFN2O2S. The van der Waals surface area contributed by atoms with Crippen LogP contribution in [-0.2, 0) is 15.4 Å². The molecule has 7 heteroatoms. The lowest BCUT2D eigenvalue weighted by atomic mass is 9.93. The van der Waals surface area contributed by atoms with Crippen LogP contribution >= 0.6 is 15.9 Å². The molecule has 0 radical (unpaired) electrons. The van der Waals surface area contributed by atoms with Gasteiger partial charge in [-0.15, -0.1) is 0 Å². The van der Waals surface area contributed by atoms with Crippen molar-refractivity contribution in [3.05, 3.63) is 34.1 Å². The average Bonchev–Trinajstić information content (AvgIpc) is 2.90. The summed E-state index contributed by atoms with van der Waals surface area (Å²) in [5.74, 6) is -0.549. The molecule has 2 aliphatic rings. The van der Waals surface area contributed by atoms with Gasteiger partial charge in [0.15, 0.2) is 9.84 Å². The minimum Gasteiger partial charge on any atom is -0.386 e. The molecule has 1 aliphatic carbocycles. The predicted octanol–water partition coefficient (Wildman–Crippen LogP) is 2.90. The molecule has 120 valence electrons. The Kier molecular flexibility index (Phi) is 3.64. The monoisotopic (exact) mass is 388 g/mol. The molecule has 1 unspecified atom stereocenters. The summed E-state index contributed by atoms with van der Waals surface area (Å²) in [5, 5.41) is 0. The lowest BCUT2D eigenvalue weighted by molar-refractivity contribution is 0.468. The van der Waals surface area contributed by atoms with Crippen molar-refractivity contribution in [2.45, 2.75) is 42.9 Å². The first-order valence-electron chi connectivity index (χ1n) is 7.24. The van der Waals surface area contributed by atoms with Crippen molar-refractivity contribution < 1.29 is 12.8 Å². The summed E-state index contributed by atoms with van der Waals surface area (Å²) in [7, 11) is -3.50. The number of nitrogens with two attached hydrogens (primary N) is 1. The van der Waals surface area contributed by atoms with Gasteiger partial charge < -0.3 is 5.73 Å². The van der Waals surface area contributed by atoms with Gasteiger partial charge in [0, 0.05) is 10.0 Å². The van der Waals surface area contributed by atoms with Crippen LogP contribution in [0.1, 0.15) is 38.2 Å². The maximum atomic E-state index is 14.2. The Morgan fingerprint density at radius 2 is 1.95 bits per heavy atom. The van der Waals surface area contributed by atoms with Crippen LogP contribution in [0, 0.1) is 5.82 Å². The summed E-state index contributed by atoms with van der Waals surface area (Å²) < 4.78 is 39.7. The van der Waals surface area contributed by atoms with E-state index < -0.39 is 25.9 Å². The third kappa shape index (κ3) is 2.21. The molecule has 3 rings (SSSR count). The van der Waals surface area contributed by atoms with Crippen molar-refractivity contribution in [3.63, 3.8) is 0 Å². The van der Waals surface area contributed by atoms with E-state index in [9.17, 15) is 12.8 Å². The van der Waals surface area contributed by atoms with Gasteiger partial charge in [-0.05, 0) is 38.0 Å². The predicted molar refractivity (Wildman–Crippen MR) is 88.1 cm³/mol. The van der Waals surface area contributed by atoms with Gasteiger partial charge in [0.1, 0.15) is 21.9 Å². The van der Waals surface area contributed by atoms with E-state index in [1.54, 1.807) is 19.1 Å². The third-order valence-electron chi connectivity index (χ3n) is 4.82. The van der Waals surface area contributed by atoms with Crippen molar-refractivity contribution >= 4 is 31.6 Å². The van der Waals surface area contributed by atoms with E-state index in [0.717, 1.165) is 12.8 Å². The summed E-state index contributed by atoms with van der Waals surface area (Å²) in [5.41, 5.74) is 5.15. The minimum atomic E-state index is -3.50. The Morgan fingerprint density at radius 1 is 1.32 bits per heavy atom. The van der Waals surface area contributed by atoms with Crippen LogP contribution in [0.4, 0.5) is 4.39 Å². The topological polar surface area (TPSA) is 72.5 Å². The van der Waals surface area contributed by atoms with Gasteiger partial charge in [-0.2, -0.15) is 0 Å². The van der Waals surface area contributed by atoms with E-state index in [4.69, 9.17) is 5.73 Å². The van der Waals surface area contributed by atoms with Gasteiger partial charge >= 0.3 is 0 Å². The molecule has 1 aromatic carbocycles. The molecular weight excluding hydrogens is 371 g/mol. The zero-order chi connectivity index (χ0) is 16.2. The zero-order valence-electron chi connectivity index (χ0n) is 12.3. The molecule has 22 heavy (non-hydrogen) atoms. The van der Waals surface area contributed by atoms with E-state index >= 15 is 0 Å². The molecule has 1 saturated carbocycles. The lowest BCUT2D eigenvalue weighted by Gasteiger charge is -2.39. The maximum absolute atomic E-state index is 14.2. The van der Waals surface area contributed by atoms with Crippen LogP contribution in [0.15, 0.2) is 27.7 Å². The summed E-state index contributed by atoms with van der Waals surface area (Å²) in [6.45, 7) is 1.63. The molecule has 1 aliphatic heterocycles. The number of aliphatic imine (C=N–C) groups is 1. The van der Waals surface area contributed by atoms with Gasteiger partial charge in [-0.3, -0.25) is 4.99 Å². The largest absolute Gasteiger partial charge is 0.386 e. The highest BCUT2D eigenvalue weighted by molar-refractivity contribution is 9.10. The summed E-state index contributed by atoms with van der Waals surface area (Å²) >= 11 is 3.29. The van der Waals surface area contributed by atoms with E-state index in [2.05, 4.69) is 20.9 Å². The molecule has 1 fully saturated rings. The number of amidine groups is 1. The summed E-state index contributed by atoms with van der Waals surface area (Å²) in [6, 6.07) is 4.46. The molecule has 1 aromatic rings. The Bertz CT molecular complexity index is 757. The SMILES string of the molecule is CC1(c2cc(Br)ccc2F)CS(=O)(=O)C2(CCCC2)C(N)=N1. The lowest BCUT2D eigenvalue weighted by Crippen LogP contribution is -2.56. The average molecular weight is 389 g/mol. The highest BCUT2D eigenvalue weighted by Crippen LogP contribution is 2.45. The molecule has 2 N–H and O–H groups in total. The van der Waals surface area contributed by atoms with Gasteiger partial charge in [0.25, 0.3) is 0 Å². The van der Waals surface area contributed by atoms with Crippen LogP contribution in [0.5, 0.6) is 0 Å². The highest BCUT2D eigenvalue weighted by Gasteiger charge is 2.55. The zero-order valence-corrected chi connectivity index (χ0v) is 14.7. The van der Waals surface area contributed by atoms with E-state index in [-0.39, 0.29) is 17.2 Å². The highest BCUT2D eigenvalue weighted by atomic mass is 79.9. The fraction of sp³-hybridized carbons (Fsp3) is 0.533.